The standard InChI is InChI=1S/C20H21NO3S2/c22-18-17(12-6-11-14-7-4-5-8-14)26-20(25)21(18)16(19(23)24)13-15-9-2-1-3-10-15/h1-3,6,9-12,14,16H,4-5,7-8,13H2,(H,23,24)/b11-6+,17-12-. The second-order valence-corrected chi connectivity index (χ2v) is 8.22. The van der Waals surface area contributed by atoms with Crippen molar-refractivity contribution < 1.29 is 14.7 Å². The number of carboxylic acid groups (broad SMARTS) is 1. The van der Waals surface area contributed by atoms with Gasteiger partial charge in [0, 0.05) is 6.42 Å². The quantitative estimate of drug-likeness (QED) is 0.586. The van der Waals surface area contributed by atoms with Gasteiger partial charge < -0.3 is 5.11 Å². The molecule has 1 heterocycles. The average molecular weight is 388 g/mol. The first kappa shape index (κ1) is 18.9. The van der Waals surface area contributed by atoms with Gasteiger partial charge in [-0.3, -0.25) is 9.69 Å². The van der Waals surface area contributed by atoms with Gasteiger partial charge in [0.2, 0.25) is 0 Å². The predicted molar refractivity (Wildman–Crippen MR) is 108 cm³/mol. The van der Waals surface area contributed by atoms with Crippen LogP contribution in [0.5, 0.6) is 0 Å². The smallest absolute Gasteiger partial charge is 0.327 e. The van der Waals surface area contributed by atoms with E-state index in [9.17, 15) is 14.7 Å². The van der Waals surface area contributed by atoms with Gasteiger partial charge in [-0.05, 0) is 30.4 Å². The van der Waals surface area contributed by atoms with Crippen LogP contribution in [0.2, 0.25) is 0 Å². The number of carbonyl (C=O) groups is 2. The molecule has 1 unspecified atom stereocenters. The minimum Gasteiger partial charge on any atom is -0.480 e. The molecular formula is C20H21NO3S2. The van der Waals surface area contributed by atoms with Crippen molar-refractivity contribution in [2.24, 2.45) is 5.92 Å². The van der Waals surface area contributed by atoms with E-state index in [1.54, 1.807) is 6.08 Å². The molecule has 2 fully saturated rings. The Balaban J connectivity index is 1.74. The lowest BCUT2D eigenvalue weighted by Crippen LogP contribution is -2.45. The Labute approximate surface area is 163 Å². The molecule has 136 valence electrons. The van der Waals surface area contributed by atoms with Gasteiger partial charge in [0.25, 0.3) is 5.91 Å². The zero-order valence-corrected chi connectivity index (χ0v) is 16.0. The van der Waals surface area contributed by atoms with Crippen LogP contribution < -0.4 is 0 Å². The summed E-state index contributed by atoms with van der Waals surface area (Å²) in [6.45, 7) is 0. The molecule has 6 heteroatoms. The van der Waals surface area contributed by atoms with Crippen molar-refractivity contribution in [3.63, 3.8) is 0 Å². The van der Waals surface area contributed by atoms with E-state index >= 15 is 0 Å². The number of hydrogen-bond donors (Lipinski definition) is 1. The number of thioether (sulfide) groups is 1. The van der Waals surface area contributed by atoms with Gasteiger partial charge >= 0.3 is 5.97 Å². The second-order valence-electron chi connectivity index (χ2n) is 6.55. The van der Waals surface area contributed by atoms with Crippen LogP contribution in [0.25, 0.3) is 0 Å². The maximum absolute atomic E-state index is 12.7. The molecule has 1 saturated heterocycles. The summed E-state index contributed by atoms with van der Waals surface area (Å²) in [6.07, 6.45) is 11.0. The second kappa shape index (κ2) is 8.64. The maximum atomic E-state index is 12.7. The molecule has 0 bridgehead atoms. The predicted octanol–water partition coefficient (Wildman–Crippen LogP) is 4.17. The molecule has 1 amide bonds. The highest BCUT2D eigenvalue weighted by Gasteiger charge is 2.40. The van der Waals surface area contributed by atoms with Crippen molar-refractivity contribution in [1.29, 1.82) is 0 Å². The van der Waals surface area contributed by atoms with Gasteiger partial charge in [-0.2, -0.15) is 0 Å². The third kappa shape index (κ3) is 4.43. The first-order valence-corrected chi connectivity index (χ1v) is 9.99. The van der Waals surface area contributed by atoms with Crippen LogP contribution in [-0.2, 0) is 16.0 Å². The topological polar surface area (TPSA) is 57.6 Å². The molecule has 0 spiro atoms. The number of allylic oxidation sites excluding steroid dienone is 3. The van der Waals surface area contributed by atoms with E-state index in [0.29, 0.717) is 15.1 Å². The van der Waals surface area contributed by atoms with E-state index in [1.165, 1.54) is 42.3 Å². The number of rotatable bonds is 6. The lowest BCUT2D eigenvalue weighted by atomic mass is 10.0. The fourth-order valence-electron chi connectivity index (χ4n) is 3.34. The summed E-state index contributed by atoms with van der Waals surface area (Å²) in [5, 5.41) is 9.64. The summed E-state index contributed by atoms with van der Waals surface area (Å²) in [7, 11) is 0. The van der Waals surface area contributed by atoms with Crippen molar-refractivity contribution in [3.05, 3.63) is 59.0 Å². The van der Waals surface area contributed by atoms with Gasteiger partial charge in [-0.1, -0.05) is 79.3 Å². The van der Waals surface area contributed by atoms with Crippen LogP contribution in [0.4, 0.5) is 0 Å². The Morgan fingerprint density at radius 1 is 1.31 bits per heavy atom. The lowest BCUT2D eigenvalue weighted by molar-refractivity contribution is -0.145. The molecule has 1 aliphatic heterocycles. The third-order valence-electron chi connectivity index (χ3n) is 4.72. The van der Waals surface area contributed by atoms with Crippen LogP contribution in [-0.4, -0.2) is 32.2 Å². The van der Waals surface area contributed by atoms with Crippen molar-refractivity contribution in [3.8, 4) is 0 Å². The molecule has 26 heavy (non-hydrogen) atoms. The zero-order chi connectivity index (χ0) is 18.5. The Hall–Kier alpha value is -1.92. The summed E-state index contributed by atoms with van der Waals surface area (Å²) in [4.78, 5) is 26.2. The van der Waals surface area contributed by atoms with E-state index in [1.807, 2.05) is 36.4 Å². The Morgan fingerprint density at radius 2 is 2.00 bits per heavy atom. The SMILES string of the molecule is O=C(O)C(Cc1ccccc1)N1C(=O)/C(=C/C=C/C2CCCC2)SC1=S. The Bertz CT molecular complexity index is 752. The summed E-state index contributed by atoms with van der Waals surface area (Å²) < 4.78 is 0.304. The van der Waals surface area contributed by atoms with Gasteiger partial charge in [-0.15, -0.1) is 0 Å². The summed E-state index contributed by atoms with van der Waals surface area (Å²) in [6, 6.07) is 8.30. The van der Waals surface area contributed by atoms with Crippen LogP contribution >= 0.6 is 24.0 Å². The van der Waals surface area contributed by atoms with E-state index in [2.05, 4.69) is 6.08 Å². The Morgan fingerprint density at radius 3 is 2.65 bits per heavy atom. The third-order valence-corrected chi connectivity index (χ3v) is 6.07. The lowest BCUT2D eigenvalue weighted by Gasteiger charge is -2.23. The average Bonchev–Trinajstić information content (AvgIpc) is 3.23. The van der Waals surface area contributed by atoms with Crippen molar-refractivity contribution in [2.45, 2.75) is 38.1 Å². The maximum Gasteiger partial charge on any atom is 0.327 e. The molecule has 1 aromatic rings. The highest BCUT2D eigenvalue weighted by molar-refractivity contribution is 8.26. The van der Waals surface area contributed by atoms with E-state index < -0.39 is 12.0 Å². The van der Waals surface area contributed by atoms with E-state index in [-0.39, 0.29) is 12.3 Å². The molecular weight excluding hydrogens is 366 g/mol. The minimum atomic E-state index is -1.05. The van der Waals surface area contributed by atoms with Gasteiger partial charge in [0.1, 0.15) is 10.4 Å². The molecule has 0 radical (unpaired) electrons. The van der Waals surface area contributed by atoms with Crippen molar-refractivity contribution >= 4 is 40.2 Å². The molecule has 2 aliphatic rings. The molecule has 1 saturated carbocycles. The number of thiocarbonyl (C=S) groups is 1. The van der Waals surface area contributed by atoms with Gasteiger partial charge in [0.15, 0.2) is 0 Å². The number of hydrogen-bond acceptors (Lipinski definition) is 4. The van der Waals surface area contributed by atoms with E-state index in [4.69, 9.17) is 12.2 Å². The Kier molecular flexibility index (Phi) is 6.27. The molecule has 1 aromatic carbocycles. The molecule has 4 nitrogen and oxygen atoms in total. The summed E-state index contributed by atoms with van der Waals surface area (Å²) in [5.41, 5.74) is 0.860. The summed E-state index contributed by atoms with van der Waals surface area (Å²) >= 11 is 6.48. The number of benzene rings is 1. The van der Waals surface area contributed by atoms with Crippen LogP contribution in [0.3, 0.4) is 0 Å². The highest BCUT2D eigenvalue weighted by Crippen LogP contribution is 2.34. The van der Waals surface area contributed by atoms with Crippen LogP contribution in [0.15, 0.2) is 53.5 Å². The number of aliphatic carboxylic acids is 1. The largest absolute Gasteiger partial charge is 0.480 e. The van der Waals surface area contributed by atoms with Gasteiger partial charge in [0.05, 0.1) is 4.91 Å². The normalized spacial score (nSPS) is 21.2. The first-order chi connectivity index (χ1) is 12.6. The molecule has 0 aromatic heterocycles. The van der Waals surface area contributed by atoms with Crippen molar-refractivity contribution in [2.75, 3.05) is 0 Å². The first-order valence-electron chi connectivity index (χ1n) is 8.77. The number of carboxylic acids is 1. The van der Waals surface area contributed by atoms with E-state index in [0.717, 1.165) is 5.56 Å². The van der Waals surface area contributed by atoms with Crippen LogP contribution in [0.1, 0.15) is 31.2 Å². The summed E-state index contributed by atoms with van der Waals surface area (Å²) in [5.74, 6) is -0.784. The van der Waals surface area contributed by atoms with Gasteiger partial charge in [-0.25, -0.2) is 4.79 Å². The van der Waals surface area contributed by atoms with Crippen molar-refractivity contribution in [1.82, 2.24) is 4.90 Å². The van der Waals surface area contributed by atoms with Crippen LogP contribution in [0, 0.1) is 5.92 Å². The fraction of sp³-hybridized carbons (Fsp3) is 0.350. The number of amides is 1. The monoisotopic (exact) mass is 387 g/mol. The molecule has 1 atom stereocenters. The highest BCUT2D eigenvalue weighted by atomic mass is 32.2. The molecule has 1 aliphatic carbocycles. The minimum absolute atomic E-state index is 0.230. The molecule has 3 rings (SSSR count). The fourth-order valence-corrected chi connectivity index (χ4v) is 4.65. The number of carbonyl (C=O) groups excluding carboxylic acids is 1. The zero-order valence-electron chi connectivity index (χ0n) is 14.3. The molecule has 1 N–H and O–H groups in total. The number of nitrogens with zero attached hydrogens (tertiary/aromatic N) is 1.